The molecule has 0 saturated carbocycles. The van der Waals surface area contributed by atoms with Crippen molar-refractivity contribution in [2.75, 3.05) is 11.9 Å². The number of halogens is 2. The predicted octanol–water partition coefficient (Wildman–Crippen LogP) is 2.32. The number of hydrogen-bond acceptors (Lipinski definition) is 3. The molecule has 1 rings (SSSR count). The summed E-state index contributed by atoms with van der Waals surface area (Å²) in [5, 5.41) is 2.62. The van der Waals surface area contributed by atoms with Gasteiger partial charge in [-0.1, -0.05) is 6.92 Å². The third-order valence-corrected chi connectivity index (χ3v) is 2.28. The molecule has 0 radical (unpaired) electrons. The average molecular weight is 277 g/mol. The number of carbonyl (C=O) groups excluding carboxylic acids is 1. The van der Waals surface area contributed by atoms with Crippen molar-refractivity contribution in [3.63, 3.8) is 0 Å². The lowest BCUT2D eigenvalue weighted by molar-refractivity contribution is -0.117. The van der Waals surface area contributed by atoms with Crippen LogP contribution in [0.5, 0.6) is 5.75 Å². The maximum atomic E-state index is 13.0. The lowest BCUT2D eigenvalue weighted by atomic mass is 10.2. The number of nitrogens with one attached hydrogen (secondary N) is 1. The Morgan fingerprint density at radius 3 is 2.72 bits per heavy atom. The first-order chi connectivity index (χ1) is 8.08. The van der Waals surface area contributed by atoms with E-state index in [2.05, 4.69) is 5.32 Å². The van der Waals surface area contributed by atoms with Gasteiger partial charge in [0.1, 0.15) is 11.6 Å². The second kappa shape index (κ2) is 7.89. The van der Waals surface area contributed by atoms with E-state index in [0.29, 0.717) is 24.5 Å². The van der Waals surface area contributed by atoms with Crippen LogP contribution >= 0.6 is 12.4 Å². The van der Waals surface area contributed by atoms with Gasteiger partial charge in [-0.05, 0) is 25.5 Å². The molecule has 0 fully saturated rings. The molecule has 0 saturated heterocycles. The molecule has 0 aromatic heterocycles. The SMILES string of the molecule is CCOc1cc(F)ccc1NC(=O)[C@@H](N)CC.Cl. The zero-order valence-electron chi connectivity index (χ0n) is 10.4. The molecule has 6 heteroatoms. The Kier molecular flexibility index (Phi) is 7.31. The summed E-state index contributed by atoms with van der Waals surface area (Å²) in [6, 6.07) is 3.38. The van der Waals surface area contributed by atoms with Crippen LogP contribution in [0, 0.1) is 5.82 Å². The minimum Gasteiger partial charge on any atom is -0.492 e. The van der Waals surface area contributed by atoms with Gasteiger partial charge in [0, 0.05) is 6.07 Å². The van der Waals surface area contributed by atoms with Crippen LogP contribution in [0.25, 0.3) is 0 Å². The first-order valence-electron chi connectivity index (χ1n) is 5.57. The van der Waals surface area contributed by atoms with E-state index in [0.717, 1.165) is 0 Å². The van der Waals surface area contributed by atoms with Crippen molar-refractivity contribution in [1.82, 2.24) is 0 Å². The van der Waals surface area contributed by atoms with E-state index in [1.54, 1.807) is 6.92 Å². The molecule has 0 unspecified atom stereocenters. The summed E-state index contributed by atoms with van der Waals surface area (Å²) in [7, 11) is 0. The molecule has 3 N–H and O–H groups in total. The van der Waals surface area contributed by atoms with Gasteiger partial charge in [0.15, 0.2) is 0 Å². The molecule has 18 heavy (non-hydrogen) atoms. The molecule has 102 valence electrons. The standard InChI is InChI=1S/C12H17FN2O2.ClH/c1-3-9(14)12(16)15-10-6-5-8(13)7-11(10)17-4-2;/h5-7,9H,3-4,14H2,1-2H3,(H,15,16);1H/t9-;/m0./s1. The van der Waals surface area contributed by atoms with Crippen molar-refractivity contribution in [1.29, 1.82) is 0 Å². The zero-order chi connectivity index (χ0) is 12.8. The molecule has 0 aliphatic rings. The summed E-state index contributed by atoms with van der Waals surface area (Å²) in [5.74, 6) is -0.407. The van der Waals surface area contributed by atoms with Gasteiger partial charge in [-0.25, -0.2) is 4.39 Å². The van der Waals surface area contributed by atoms with Crippen molar-refractivity contribution in [2.24, 2.45) is 5.73 Å². The van der Waals surface area contributed by atoms with Crippen LogP contribution in [0.1, 0.15) is 20.3 Å². The van der Waals surface area contributed by atoms with E-state index < -0.39 is 11.9 Å². The fourth-order valence-electron chi connectivity index (χ4n) is 1.29. The van der Waals surface area contributed by atoms with Gasteiger partial charge < -0.3 is 15.8 Å². The van der Waals surface area contributed by atoms with Gasteiger partial charge in [0.2, 0.25) is 5.91 Å². The largest absolute Gasteiger partial charge is 0.492 e. The second-order valence-electron chi connectivity index (χ2n) is 3.58. The fourth-order valence-corrected chi connectivity index (χ4v) is 1.29. The summed E-state index contributed by atoms with van der Waals surface area (Å²) in [4.78, 5) is 11.6. The number of hydrogen-bond donors (Lipinski definition) is 2. The monoisotopic (exact) mass is 276 g/mol. The Morgan fingerprint density at radius 1 is 1.50 bits per heavy atom. The number of anilines is 1. The molecule has 0 heterocycles. The molecule has 0 spiro atoms. The van der Waals surface area contributed by atoms with Gasteiger partial charge in [-0.3, -0.25) is 4.79 Å². The number of nitrogens with two attached hydrogens (primary N) is 1. The maximum Gasteiger partial charge on any atom is 0.241 e. The zero-order valence-corrected chi connectivity index (χ0v) is 11.2. The average Bonchev–Trinajstić information content (AvgIpc) is 2.31. The highest BCUT2D eigenvalue weighted by Crippen LogP contribution is 2.25. The Bertz CT molecular complexity index is 402. The smallest absolute Gasteiger partial charge is 0.241 e. The molecular weight excluding hydrogens is 259 g/mol. The molecule has 0 bridgehead atoms. The van der Waals surface area contributed by atoms with Gasteiger partial charge in [0.25, 0.3) is 0 Å². The molecule has 1 atom stereocenters. The van der Waals surface area contributed by atoms with E-state index in [4.69, 9.17) is 10.5 Å². The van der Waals surface area contributed by atoms with Crippen LogP contribution in [0.4, 0.5) is 10.1 Å². The lowest BCUT2D eigenvalue weighted by Crippen LogP contribution is -2.34. The highest BCUT2D eigenvalue weighted by atomic mass is 35.5. The lowest BCUT2D eigenvalue weighted by Gasteiger charge is -2.13. The van der Waals surface area contributed by atoms with Crippen molar-refractivity contribution in [3.05, 3.63) is 24.0 Å². The number of carbonyl (C=O) groups is 1. The molecule has 1 aromatic carbocycles. The van der Waals surface area contributed by atoms with Crippen LogP contribution in [0.15, 0.2) is 18.2 Å². The molecule has 4 nitrogen and oxygen atoms in total. The third kappa shape index (κ3) is 4.50. The van der Waals surface area contributed by atoms with Crippen molar-refractivity contribution in [3.8, 4) is 5.75 Å². The highest BCUT2D eigenvalue weighted by Gasteiger charge is 2.14. The number of amides is 1. The van der Waals surface area contributed by atoms with Crippen LogP contribution in [-0.4, -0.2) is 18.6 Å². The van der Waals surface area contributed by atoms with Crippen molar-refractivity contribution >= 4 is 24.0 Å². The number of rotatable bonds is 5. The quantitative estimate of drug-likeness (QED) is 0.867. The van der Waals surface area contributed by atoms with Gasteiger partial charge in [0.05, 0.1) is 18.3 Å². The van der Waals surface area contributed by atoms with Crippen molar-refractivity contribution in [2.45, 2.75) is 26.3 Å². The van der Waals surface area contributed by atoms with Gasteiger partial charge in [-0.2, -0.15) is 0 Å². The van der Waals surface area contributed by atoms with E-state index in [1.807, 2.05) is 6.92 Å². The molecule has 1 amide bonds. The normalized spacial score (nSPS) is 11.3. The summed E-state index contributed by atoms with van der Waals surface area (Å²) in [6.07, 6.45) is 0.539. The number of ether oxygens (including phenoxy) is 1. The van der Waals surface area contributed by atoms with Crippen molar-refractivity contribution < 1.29 is 13.9 Å². The molecule has 1 aromatic rings. The highest BCUT2D eigenvalue weighted by molar-refractivity contribution is 5.95. The fraction of sp³-hybridized carbons (Fsp3) is 0.417. The van der Waals surface area contributed by atoms with Gasteiger partial charge in [-0.15, -0.1) is 12.4 Å². The minimum atomic E-state index is -0.575. The Balaban J connectivity index is 0.00000289. The van der Waals surface area contributed by atoms with E-state index in [-0.39, 0.29) is 18.3 Å². The molecule has 0 aliphatic carbocycles. The van der Waals surface area contributed by atoms with Crippen LogP contribution in [-0.2, 0) is 4.79 Å². The minimum absolute atomic E-state index is 0. The third-order valence-electron chi connectivity index (χ3n) is 2.28. The Labute approximate surface area is 112 Å². The van der Waals surface area contributed by atoms with Crippen LogP contribution in [0.2, 0.25) is 0 Å². The van der Waals surface area contributed by atoms with Crippen LogP contribution in [0.3, 0.4) is 0 Å². The second-order valence-corrected chi connectivity index (χ2v) is 3.58. The van der Waals surface area contributed by atoms with Gasteiger partial charge >= 0.3 is 0 Å². The van der Waals surface area contributed by atoms with E-state index in [9.17, 15) is 9.18 Å². The number of benzene rings is 1. The summed E-state index contributed by atoms with van der Waals surface area (Å²) < 4.78 is 18.3. The summed E-state index contributed by atoms with van der Waals surface area (Å²) in [6.45, 7) is 4.00. The molecule has 0 aliphatic heterocycles. The molecular formula is C12H18ClFN2O2. The topological polar surface area (TPSA) is 64.3 Å². The predicted molar refractivity (Wildman–Crippen MR) is 71.7 cm³/mol. The first kappa shape index (κ1) is 16.7. The summed E-state index contributed by atoms with van der Waals surface area (Å²) in [5.41, 5.74) is 6.02. The summed E-state index contributed by atoms with van der Waals surface area (Å²) >= 11 is 0. The Hall–Kier alpha value is -1.33. The van der Waals surface area contributed by atoms with Crippen LogP contribution < -0.4 is 15.8 Å². The Morgan fingerprint density at radius 2 is 2.17 bits per heavy atom. The first-order valence-corrected chi connectivity index (χ1v) is 5.57. The maximum absolute atomic E-state index is 13.0. The van der Waals surface area contributed by atoms with E-state index >= 15 is 0 Å². The van der Waals surface area contributed by atoms with E-state index in [1.165, 1.54) is 18.2 Å².